The molecule has 1 heterocycles. The third-order valence-corrected chi connectivity index (χ3v) is 6.42. The lowest BCUT2D eigenvalue weighted by Crippen LogP contribution is -2.44. The predicted molar refractivity (Wildman–Crippen MR) is 113 cm³/mol. The van der Waals surface area contributed by atoms with Crippen LogP contribution in [-0.4, -0.2) is 52.4 Å². The van der Waals surface area contributed by atoms with Crippen LogP contribution in [0.25, 0.3) is 0 Å². The van der Waals surface area contributed by atoms with E-state index in [0.29, 0.717) is 24.4 Å². The summed E-state index contributed by atoms with van der Waals surface area (Å²) in [7, 11) is -0.798. The van der Waals surface area contributed by atoms with Crippen LogP contribution in [0.1, 0.15) is 23.2 Å². The van der Waals surface area contributed by atoms with Crippen molar-refractivity contribution in [2.24, 2.45) is 5.92 Å². The zero-order valence-corrected chi connectivity index (χ0v) is 17.7. The predicted octanol–water partition coefficient (Wildman–Crippen LogP) is 2.09. The van der Waals surface area contributed by atoms with Gasteiger partial charge in [0.15, 0.2) is 0 Å². The molecule has 2 amide bonds. The van der Waals surface area contributed by atoms with Gasteiger partial charge in [0, 0.05) is 37.5 Å². The summed E-state index contributed by atoms with van der Waals surface area (Å²) in [6.07, 6.45) is 1.48. The van der Waals surface area contributed by atoms with Crippen molar-refractivity contribution >= 4 is 27.5 Å². The Morgan fingerprint density at radius 3 is 2.63 bits per heavy atom. The smallest absolute Gasteiger partial charge is 0.262 e. The summed E-state index contributed by atoms with van der Waals surface area (Å²) in [5.74, 6) is -0.113. The number of nitrogens with one attached hydrogen (secondary N) is 2. The first-order valence-electron chi connectivity index (χ1n) is 9.62. The lowest BCUT2D eigenvalue weighted by Gasteiger charge is -2.32. The molecular weight excluding hydrogens is 406 g/mol. The van der Waals surface area contributed by atoms with E-state index in [9.17, 15) is 18.0 Å². The molecule has 0 spiro atoms. The number of amides is 2. The van der Waals surface area contributed by atoms with Crippen molar-refractivity contribution in [2.45, 2.75) is 17.7 Å². The van der Waals surface area contributed by atoms with E-state index in [0.717, 1.165) is 12.8 Å². The highest BCUT2D eigenvalue weighted by atomic mass is 32.2. The molecule has 3 rings (SSSR count). The average molecular weight is 432 g/mol. The van der Waals surface area contributed by atoms with E-state index in [1.165, 1.54) is 25.3 Å². The fourth-order valence-corrected chi connectivity index (χ4v) is 4.54. The summed E-state index contributed by atoms with van der Waals surface area (Å²) in [4.78, 5) is 26.6. The number of anilines is 1. The fourth-order valence-electron chi connectivity index (χ4n) is 3.46. The third kappa shape index (κ3) is 4.91. The Labute approximate surface area is 176 Å². The van der Waals surface area contributed by atoms with Gasteiger partial charge in [0.1, 0.15) is 5.75 Å². The molecule has 1 atom stereocenters. The largest absolute Gasteiger partial charge is 0.497 e. The molecule has 160 valence electrons. The minimum absolute atomic E-state index is 0.0584. The number of ether oxygens (including phenoxy) is 1. The minimum Gasteiger partial charge on any atom is -0.497 e. The van der Waals surface area contributed by atoms with Gasteiger partial charge in [-0.05, 0) is 43.2 Å². The van der Waals surface area contributed by atoms with Crippen LogP contribution in [0.2, 0.25) is 0 Å². The number of likely N-dealkylation sites (tertiary alicyclic amines) is 1. The Bertz CT molecular complexity index is 1040. The molecule has 1 aliphatic rings. The molecule has 1 saturated heterocycles. The van der Waals surface area contributed by atoms with E-state index < -0.39 is 10.0 Å². The monoisotopic (exact) mass is 431 g/mol. The second-order valence-corrected chi connectivity index (χ2v) is 8.75. The zero-order valence-electron chi connectivity index (χ0n) is 16.9. The summed E-state index contributed by atoms with van der Waals surface area (Å²) in [6, 6.07) is 12.5. The number of benzene rings is 2. The molecule has 0 bridgehead atoms. The Morgan fingerprint density at radius 2 is 1.90 bits per heavy atom. The number of piperidine rings is 1. The zero-order chi connectivity index (χ0) is 21.7. The number of hydrogen-bond acceptors (Lipinski definition) is 5. The van der Waals surface area contributed by atoms with Gasteiger partial charge >= 0.3 is 0 Å². The third-order valence-electron chi connectivity index (χ3n) is 5.04. The first-order chi connectivity index (χ1) is 14.3. The second-order valence-electron chi connectivity index (χ2n) is 7.07. The maximum absolute atomic E-state index is 12.9. The van der Waals surface area contributed by atoms with Gasteiger partial charge in [-0.15, -0.1) is 0 Å². The van der Waals surface area contributed by atoms with Gasteiger partial charge in [-0.2, -0.15) is 0 Å². The molecular formula is C21H25N3O5S. The van der Waals surface area contributed by atoms with E-state index >= 15 is 0 Å². The van der Waals surface area contributed by atoms with Crippen LogP contribution in [0.15, 0.2) is 53.4 Å². The molecule has 2 aromatic rings. The summed E-state index contributed by atoms with van der Waals surface area (Å²) in [5, 5.41) is 2.63. The second kappa shape index (κ2) is 9.17. The van der Waals surface area contributed by atoms with Crippen molar-refractivity contribution in [1.29, 1.82) is 0 Å². The van der Waals surface area contributed by atoms with Crippen LogP contribution in [0, 0.1) is 5.92 Å². The molecule has 1 fully saturated rings. The van der Waals surface area contributed by atoms with Gasteiger partial charge in [-0.3, -0.25) is 14.3 Å². The van der Waals surface area contributed by atoms with Crippen molar-refractivity contribution in [1.82, 2.24) is 10.2 Å². The summed E-state index contributed by atoms with van der Waals surface area (Å²) in [6.45, 7) is 0.907. The molecule has 2 aromatic carbocycles. The van der Waals surface area contributed by atoms with Gasteiger partial charge < -0.3 is 15.0 Å². The Kier molecular flexibility index (Phi) is 6.61. The topological polar surface area (TPSA) is 105 Å². The highest BCUT2D eigenvalue weighted by molar-refractivity contribution is 7.92. The van der Waals surface area contributed by atoms with E-state index in [4.69, 9.17) is 4.74 Å². The Morgan fingerprint density at radius 1 is 1.13 bits per heavy atom. The molecule has 0 aliphatic carbocycles. The standard InChI is InChI=1S/C21H25N3O5S/c1-22-20(25)16-7-5-11-24(14-16)21(26)15-6-3-8-17(12-15)23-30(27,28)19-10-4-9-18(13-19)29-2/h3-4,6,8-10,12-13,16,23H,5,7,11,14H2,1-2H3,(H,22,25). The van der Waals surface area contributed by atoms with Gasteiger partial charge in [-0.1, -0.05) is 12.1 Å². The van der Waals surface area contributed by atoms with Crippen molar-refractivity contribution in [2.75, 3.05) is 32.0 Å². The molecule has 1 unspecified atom stereocenters. The lowest BCUT2D eigenvalue weighted by molar-refractivity contribution is -0.125. The molecule has 9 heteroatoms. The van der Waals surface area contributed by atoms with Crippen LogP contribution >= 0.6 is 0 Å². The van der Waals surface area contributed by atoms with E-state index in [-0.39, 0.29) is 28.3 Å². The van der Waals surface area contributed by atoms with Crippen molar-refractivity contribution < 1.29 is 22.7 Å². The SMILES string of the molecule is CNC(=O)C1CCCN(C(=O)c2cccc(NS(=O)(=O)c3cccc(OC)c3)c2)C1. The van der Waals surface area contributed by atoms with Crippen LogP contribution in [0.5, 0.6) is 5.75 Å². The molecule has 2 N–H and O–H groups in total. The number of carbonyl (C=O) groups excluding carboxylic acids is 2. The molecule has 30 heavy (non-hydrogen) atoms. The van der Waals surface area contributed by atoms with E-state index in [1.54, 1.807) is 42.3 Å². The van der Waals surface area contributed by atoms with Crippen molar-refractivity contribution in [3.05, 3.63) is 54.1 Å². The van der Waals surface area contributed by atoms with Gasteiger partial charge in [-0.25, -0.2) is 8.42 Å². The van der Waals surface area contributed by atoms with E-state index in [1.807, 2.05) is 0 Å². The fraction of sp³-hybridized carbons (Fsp3) is 0.333. The normalized spacial score (nSPS) is 16.6. The molecule has 0 aromatic heterocycles. The number of rotatable bonds is 6. The number of sulfonamides is 1. The van der Waals surface area contributed by atoms with Crippen molar-refractivity contribution in [3.8, 4) is 5.75 Å². The lowest BCUT2D eigenvalue weighted by atomic mass is 9.96. The molecule has 0 saturated carbocycles. The number of hydrogen-bond donors (Lipinski definition) is 2. The Hall–Kier alpha value is -3.07. The van der Waals surface area contributed by atoms with Crippen LogP contribution in [-0.2, 0) is 14.8 Å². The maximum Gasteiger partial charge on any atom is 0.262 e. The van der Waals surface area contributed by atoms with Crippen molar-refractivity contribution in [3.63, 3.8) is 0 Å². The number of carbonyl (C=O) groups is 2. The van der Waals surface area contributed by atoms with E-state index in [2.05, 4.69) is 10.0 Å². The van der Waals surface area contributed by atoms with Gasteiger partial charge in [0.25, 0.3) is 15.9 Å². The molecule has 8 nitrogen and oxygen atoms in total. The van der Waals surface area contributed by atoms with Crippen LogP contribution in [0.4, 0.5) is 5.69 Å². The first-order valence-corrected chi connectivity index (χ1v) is 11.1. The van der Waals surface area contributed by atoms with Gasteiger partial charge in [0.2, 0.25) is 5.91 Å². The van der Waals surface area contributed by atoms with Gasteiger partial charge in [0.05, 0.1) is 17.9 Å². The minimum atomic E-state index is -3.84. The quantitative estimate of drug-likeness (QED) is 0.729. The Balaban J connectivity index is 1.77. The molecule has 0 radical (unpaired) electrons. The molecule has 1 aliphatic heterocycles. The first kappa shape index (κ1) is 21.6. The number of methoxy groups -OCH3 is 1. The summed E-state index contributed by atoms with van der Waals surface area (Å²) >= 11 is 0. The highest BCUT2D eigenvalue weighted by Crippen LogP contribution is 2.23. The number of nitrogens with zero attached hydrogens (tertiary/aromatic N) is 1. The highest BCUT2D eigenvalue weighted by Gasteiger charge is 2.28. The van der Waals surface area contributed by atoms with Crippen LogP contribution < -0.4 is 14.8 Å². The summed E-state index contributed by atoms with van der Waals surface area (Å²) in [5.41, 5.74) is 0.641. The maximum atomic E-state index is 12.9. The average Bonchev–Trinajstić information content (AvgIpc) is 2.78. The summed E-state index contributed by atoms with van der Waals surface area (Å²) < 4.78 is 33.0. The van der Waals surface area contributed by atoms with Crippen LogP contribution in [0.3, 0.4) is 0 Å².